The van der Waals surface area contributed by atoms with E-state index in [0.29, 0.717) is 6.61 Å². The van der Waals surface area contributed by atoms with Gasteiger partial charge in [-0.25, -0.2) is 0 Å². The van der Waals surface area contributed by atoms with Gasteiger partial charge in [-0.2, -0.15) is 13.2 Å². The molecule has 0 fully saturated rings. The fourth-order valence-electron chi connectivity index (χ4n) is 0.203. The highest BCUT2D eigenvalue weighted by atomic mass is 19.4. The number of aliphatic hydroxyl groups excluding tert-OH is 1. The monoisotopic (exact) mass is 188 g/mol. The van der Waals surface area contributed by atoms with Gasteiger partial charge in [-0.05, 0) is 6.92 Å². The Labute approximate surface area is 68.1 Å². The molecule has 0 unspecified atom stereocenters. The Hall–Kier alpha value is -0.780. The van der Waals surface area contributed by atoms with Crippen LogP contribution in [0.1, 0.15) is 13.8 Å². The van der Waals surface area contributed by atoms with E-state index in [2.05, 4.69) is 4.74 Å². The van der Waals surface area contributed by atoms with Crippen molar-refractivity contribution in [3.63, 3.8) is 0 Å². The van der Waals surface area contributed by atoms with Crippen LogP contribution in [0.5, 0.6) is 0 Å². The number of carbonyl (C=O) groups excluding carboxylic acids is 1. The molecule has 0 aliphatic heterocycles. The molecule has 0 bridgehead atoms. The minimum absolute atomic E-state index is 0.211. The minimum atomic E-state index is -4.40. The second kappa shape index (κ2) is 6.90. The molecule has 0 atom stereocenters. The number of halogens is 3. The summed E-state index contributed by atoms with van der Waals surface area (Å²) in [6, 6.07) is 0. The highest BCUT2D eigenvalue weighted by Crippen LogP contribution is 2.11. The average molecular weight is 188 g/mol. The van der Waals surface area contributed by atoms with Crippen molar-refractivity contribution in [3.05, 3.63) is 0 Å². The molecule has 6 heteroatoms. The van der Waals surface area contributed by atoms with Gasteiger partial charge in [-0.3, -0.25) is 4.79 Å². The van der Waals surface area contributed by atoms with Gasteiger partial charge in [-0.15, -0.1) is 0 Å². The first-order valence-electron chi connectivity index (χ1n) is 3.14. The van der Waals surface area contributed by atoms with Crippen molar-refractivity contribution in [2.45, 2.75) is 20.0 Å². The summed E-state index contributed by atoms with van der Waals surface area (Å²) in [6.07, 6.45) is -4.40. The van der Waals surface area contributed by atoms with Gasteiger partial charge >= 0.3 is 12.1 Å². The minimum Gasteiger partial charge on any atom is -0.466 e. The predicted octanol–water partition coefficient (Wildman–Crippen LogP) is 1.11. The summed E-state index contributed by atoms with van der Waals surface area (Å²) >= 11 is 0. The fraction of sp³-hybridized carbons (Fsp3) is 0.833. The number of ether oxygens (including phenoxy) is 1. The molecule has 0 aromatic carbocycles. The third-order valence-corrected chi connectivity index (χ3v) is 0.527. The van der Waals surface area contributed by atoms with Crippen molar-refractivity contribution < 1.29 is 27.8 Å². The average Bonchev–Trinajstić information content (AvgIpc) is 1.87. The molecule has 0 amide bonds. The maximum Gasteiger partial charge on any atom is 0.411 e. The zero-order chi connectivity index (χ0) is 10.2. The summed E-state index contributed by atoms with van der Waals surface area (Å²) in [5, 5.41) is 7.28. The van der Waals surface area contributed by atoms with Gasteiger partial charge in [0.15, 0.2) is 0 Å². The van der Waals surface area contributed by atoms with Crippen LogP contribution in [0, 0.1) is 0 Å². The Morgan fingerprint density at radius 1 is 1.50 bits per heavy atom. The van der Waals surface area contributed by atoms with Crippen LogP contribution in [0.3, 0.4) is 0 Å². The van der Waals surface area contributed by atoms with Crippen LogP contribution in [0.25, 0.3) is 0 Å². The molecule has 0 aromatic heterocycles. The normalized spacial score (nSPS) is 9.83. The number of rotatable bonds is 1. The number of hydrogen-bond acceptors (Lipinski definition) is 3. The summed E-state index contributed by atoms with van der Waals surface area (Å²) < 4.78 is 36.0. The lowest BCUT2D eigenvalue weighted by Gasteiger charge is -1.95. The molecule has 0 rings (SSSR count). The zero-order valence-electron chi connectivity index (χ0n) is 6.81. The van der Waals surface area contributed by atoms with E-state index < -0.39 is 12.8 Å². The second-order valence-electron chi connectivity index (χ2n) is 1.70. The highest BCUT2D eigenvalue weighted by Gasteiger charge is 2.24. The molecule has 1 N–H and O–H groups in total. The Kier molecular flexibility index (Phi) is 7.93. The number of carbonyl (C=O) groups is 1. The van der Waals surface area contributed by atoms with Crippen LogP contribution in [0.4, 0.5) is 13.2 Å². The lowest BCUT2D eigenvalue weighted by Crippen LogP contribution is -2.12. The van der Waals surface area contributed by atoms with E-state index in [1.165, 1.54) is 6.92 Å². The zero-order valence-corrected chi connectivity index (χ0v) is 6.81. The fourth-order valence-corrected chi connectivity index (χ4v) is 0.203. The van der Waals surface area contributed by atoms with Crippen molar-refractivity contribution in [1.29, 1.82) is 0 Å². The summed E-state index contributed by atoms with van der Waals surface area (Å²) in [7, 11) is 0. The summed E-state index contributed by atoms with van der Waals surface area (Å²) in [6.45, 7) is 1.92. The van der Waals surface area contributed by atoms with E-state index in [1.807, 2.05) is 0 Å². The van der Waals surface area contributed by atoms with E-state index in [1.54, 1.807) is 6.92 Å². The highest BCUT2D eigenvalue weighted by molar-refractivity contribution is 5.65. The molecule has 0 heterocycles. The molecule has 0 aromatic rings. The van der Waals surface area contributed by atoms with Crippen molar-refractivity contribution in [2.24, 2.45) is 0 Å². The van der Waals surface area contributed by atoms with Gasteiger partial charge in [0.1, 0.15) is 6.61 Å². The molecule has 12 heavy (non-hydrogen) atoms. The van der Waals surface area contributed by atoms with E-state index in [-0.39, 0.29) is 5.97 Å². The number of aliphatic hydroxyl groups is 1. The van der Waals surface area contributed by atoms with E-state index in [9.17, 15) is 18.0 Å². The topological polar surface area (TPSA) is 46.5 Å². The summed E-state index contributed by atoms with van der Waals surface area (Å²) in [5.41, 5.74) is 0. The van der Waals surface area contributed by atoms with E-state index >= 15 is 0 Å². The summed E-state index contributed by atoms with van der Waals surface area (Å²) in [5.74, 6) is -0.211. The largest absolute Gasteiger partial charge is 0.466 e. The summed E-state index contributed by atoms with van der Waals surface area (Å²) in [4.78, 5) is 9.82. The molecule has 0 saturated carbocycles. The van der Waals surface area contributed by atoms with Crippen LogP contribution in [0.15, 0.2) is 0 Å². The molecule has 3 nitrogen and oxygen atoms in total. The Morgan fingerprint density at radius 2 is 1.83 bits per heavy atom. The predicted molar refractivity (Wildman–Crippen MR) is 35.4 cm³/mol. The van der Waals surface area contributed by atoms with Gasteiger partial charge in [-0.1, -0.05) is 0 Å². The van der Waals surface area contributed by atoms with E-state index in [0.717, 1.165) is 0 Å². The molecule has 0 aliphatic carbocycles. The number of hydrogen-bond donors (Lipinski definition) is 1. The Bertz CT molecular complexity index is 122. The van der Waals surface area contributed by atoms with E-state index in [4.69, 9.17) is 5.11 Å². The third kappa shape index (κ3) is 22.9. The maximum atomic E-state index is 10.5. The molecule has 0 radical (unpaired) electrons. The van der Waals surface area contributed by atoms with Gasteiger partial charge in [0.25, 0.3) is 0 Å². The van der Waals surface area contributed by atoms with Crippen molar-refractivity contribution >= 4 is 5.97 Å². The SMILES string of the molecule is CCOC(C)=O.OCC(F)(F)F. The molecule has 0 spiro atoms. The molecular weight excluding hydrogens is 177 g/mol. The number of esters is 1. The van der Waals surface area contributed by atoms with Crippen LogP contribution in [-0.4, -0.2) is 30.5 Å². The first-order chi connectivity index (χ1) is 5.33. The smallest absolute Gasteiger partial charge is 0.411 e. The van der Waals surface area contributed by atoms with Gasteiger partial charge < -0.3 is 9.84 Å². The van der Waals surface area contributed by atoms with Crippen LogP contribution >= 0.6 is 0 Å². The molecule has 0 aliphatic rings. The lowest BCUT2D eigenvalue weighted by molar-refractivity contribution is -0.159. The Morgan fingerprint density at radius 3 is 1.83 bits per heavy atom. The maximum absolute atomic E-state index is 10.5. The Balaban J connectivity index is 0. The lowest BCUT2D eigenvalue weighted by atomic mass is 10.7. The quantitative estimate of drug-likeness (QED) is 0.627. The molecule has 0 saturated heterocycles. The first-order valence-corrected chi connectivity index (χ1v) is 3.14. The molecular formula is C6H11F3O3. The standard InChI is InChI=1S/C4H8O2.C2H3F3O/c1-3-6-4(2)5;3-2(4,5)1-6/h3H2,1-2H3;6H,1H2. The van der Waals surface area contributed by atoms with Crippen molar-refractivity contribution in [2.75, 3.05) is 13.2 Å². The van der Waals surface area contributed by atoms with Gasteiger partial charge in [0.2, 0.25) is 0 Å². The van der Waals surface area contributed by atoms with Crippen molar-refractivity contribution in [3.8, 4) is 0 Å². The third-order valence-electron chi connectivity index (χ3n) is 0.527. The number of alkyl halides is 3. The van der Waals surface area contributed by atoms with Gasteiger partial charge in [0, 0.05) is 6.92 Å². The second-order valence-corrected chi connectivity index (χ2v) is 1.70. The van der Waals surface area contributed by atoms with Crippen molar-refractivity contribution in [1.82, 2.24) is 0 Å². The van der Waals surface area contributed by atoms with Gasteiger partial charge in [0.05, 0.1) is 6.61 Å². The van der Waals surface area contributed by atoms with Crippen LogP contribution < -0.4 is 0 Å². The van der Waals surface area contributed by atoms with Crippen LogP contribution in [-0.2, 0) is 9.53 Å². The van der Waals surface area contributed by atoms with Crippen LogP contribution in [0.2, 0.25) is 0 Å². The first kappa shape index (κ1) is 13.8. The molecule has 74 valence electrons.